The molecule has 0 spiro atoms. The quantitative estimate of drug-likeness (QED) is 0.872. The normalized spacial score (nSPS) is 10.9. The molecule has 1 rings (SSSR count). The summed E-state index contributed by atoms with van der Waals surface area (Å²) in [7, 11) is 3.98. The van der Waals surface area contributed by atoms with E-state index in [1.807, 2.05) is 35.8 Å². The molecule has 0 radical (unpaired) electrons. The highest BCUT2D eigenvalue weighted by Gasteiger charge is 2.11. The van der Waals surface area contributed by atoms with Gasteiger partial charge in [0.2, 0.25) is 0 Å². The van der Waals surface area contributed by atoms with Crippen LogP contribution in [0.3, 0.4) is 0 Å². The molecule has 1 aromatic heterocycles. The minimum Gasteiger partial charge on any atom is -0.349 e. The van der Waals surface area contributed by atoms with E-state index in [0.29, 0.717) is 6.54 Å². The van der Waals surface area contributed by atoms with Gasteiger partial charge in [0.15, 0.2) is 0 Å². The molecule has 1 amide bonds. The van der Waals surface area contributed by atoms with Crippen molar-refractivity contribution in [1.82, 2.24) is 14.8 Å². The van der Waals surface area contributed by atoms with Gasteiger partial charge in [-0.1, -0.05) is 6.92 Å². The zero-order valence-corrected chi connectivity index (χ0v) is 12.2. The standard InChI is InChI=1S/C12H20BrN3O/c1-4-6-16-9-10(13)8-11(16)12(17)14-5-7-15(2)3/h8-9H,4-7H2,1-3H3,(H,14,17). The van der Waals surface area contributed by atoms with Crippen molar-refractivity contribution in [3.05, 3.63) is 22.4 Å². The first-order chi connectivity index (χ1) is 8.04. The summed E-state index contributed by atoms with van der Waals surface area (Å²) in [5.41, 5.74) is 0.720. The highest BCUT2D eigenvalue weighted by atomic mass is 79.9. The van der Waals surface area contributed by atoms with Crippen molar-refractivity contribution >= 4 is 21.8 Å². The fourth-order valence-electron chi connectivity index (χ4n) is 1.57. The number of aryl methyl sites for hydroxylation is 1. The summed E-state index contributed by atoms with van der Waals surface area (Å²) in [6.07, 6.45) is 2.96. The first-order valence-electron chi connectivity index (χ1n) is 5.83. The number of rotatable bonds is 6. The Morgan fingerprint density at radius 3 is 2.82 bits per heavy atom. The number of carbonyl (C=O) groups is 1. The Hall–Kier alpha value is -0.810. The van der Waals surface area contributed by atoms with E-state index >= 15 is 0 Å². The van der Waals surface area contributed by atoms with Gasteiger partial charge >= 0.3 is 0 Å². The number of nitrogens with one attached hydrogen (secondary N) is 1. The van der Waals surface area contributed by atoms with E-state index < -0.39 is 0 Å². The Morgan fingerprint density at radius 2 is 2.24 bits per heavy atom. The van der Waals surface area contributed by atoms with E-state index in [2.05, 4.69) is 28.2 Å². The molecular weight excluding hydrogens is 282 g/mol. The Morgan fingerprint density at radius 1 is 1.53 bits per heavy atom. The van der Waals surface area contributed by atoms with Gasteiger partial charge in [-0.15, -0.1) is 0 Å². The van der Waals surface area contributed by atoms with E-state index in [4.69, 9.17) is 0 Å². The number of carbonyl (C=O) groups excluding carboxylic acids is 1. The lowest BCUT2D eigenvalue weighted by Gasteiger charge is -2.11. The number of halogens is 1. The SMILES string of the molecule is CCCn1cc(Br)cc1C(=O)NCCN(C)C. The van der Waals surface area contributed by atoms with Gasteiger partial charge in [-0.25, -0.2) is 0 Å². The van der Waals surface area contributed by atoms with Crippen LogP contribution in [0.5, 0.6) is 0 Å². The van der Waals surface area contributed by atoms with Gasteiger partial charge in [0.05, 0.1) is 0 Å². The van der Waals surface area contributed by atoms with Gasteiger partial charge in [-0.2, -0.15) is 0 Å². The van der Waals surface area contributed by atoms with Crippen molar-refractivity contribution in [3.8, 4) is 0 Å². The Balaban J connectivity index is 2.61. The van der Waals surface area contributed by atoms with E-state index in [1.54, 1.807) is 0 Å². The van der Waals surface area contributed by atoms with Crippen LogP contribution >= 0.6 is 15.9 Å². The fourth-order valence-corrected chi connectivity index (χ4v) is 2.04. The zero-order chi connectivity index (χ0) is 12.8. The van der Waals surface area contributed by atoms with Crippen molar-refractivity contribution in [2.75, 3.05) is 27.2 Å². The molecule has 0 aliphatic carbocycles. The molecule has 0 atom stereocenters. The average molecular weight is 302 g/mol. The molecule has 0 fully saturated rings. The third-order valence-corrected chi connectivity index (χ3v) is 2.84. The Kier molecular flexibility index (Phi) is 5.71. The van der Waals surface area contributed by atoms with Crippen molar-refractivity contribution < 1.29 is 4.79 Å². The van der Waals surface area contributed by atoms with Gasteiger partial charge in [0.1, 0.15) is 5.69 Å². The van der Waals surface area contributed by atoms with Crippen molar-refractivity contribution in [2.45, 2.75) is 19.9 Å². The molecular formula is C12H20BrN3O. The van der Waals surface area contributed by atoms with E-state index in [0.717, 1.165) is 29.7 Å². The summed E-state index contributed by atoms with van der Waals surface area (Å²) in [4.78, 5) is 14.0. The molecule has 0 saturated heterocycles. The van der Waals surface area contributed by atoms with Crippen LogP contribution in [0.2, 0.25) is 0 Å². The summed E-state index contributed by atoms with van der Waals surface area (Å²) in [6, 6.07) is 1.86. The molecule has 0 unspecified atom stereocenters. The monoisotopic (exact) mass is 301 g/mol. The molecule has 0 aliphatic heterocycles. The van der Waals surface area contributed by atoms with Gasteiger partial charge in [-0.05, 0) is 42.5 Å². The zero-order valence-electron chi connectivity index (χ0n) is 10.7. The molecule has 1 N–H and O–H groups in total. The predicted molar refractivity (Wildman–Crippen MR) is 73.3 cm³/mol. The maximum Gasteiger partial charge on any atom is 0.267 e. The smallest absolute Gasteiger partial charge is 0.267 e. The molecule has 1 aromatic rings. The second-order valence-corrected chi connectivity index (χ2v) is 5.21. The van der Waals surface area contributed by atoms with Crippen molar-refractivity contribution in [3.63, 3.8) is 0 Å². The van der Waals surface area contributed by atoms with Crippen LogP contribution in [-0.4, -0.2) is 42.6 Å². The maximum absolute atomic E-state index is 12.0. The van der Waals surface area contributed by atoms with Gasteiger partial charge in [0, 0.05) is 30.3 Å². The summed E-state index contributed by atoms with van der Waals surface area (Å²) < 4.78 is 2.93. The number of aromatic nitrogens is 1. The van der Waals surface area contributed by atoms with Crippen molar-refractivity contribution in [2.24, 2.45) is 0 Å². The maximum atomic E-state index is 12.0. The molecule has 0 saturated carbocycles. The van der Waals surface area contributed by atoms with Gasteiger partial charge in [0.25, 0.3) is 5.91 Å². The van der Waals surface area contributed by atoms with Crippen LogP contribution < -0.4 is 5.32 Å². The third kappa shape index (κ3) is 4.52. The molecule has 1 heterocycles. The molecule has 4 nitrogen and oxygen atoms in total. The molecule has 5 heteroatoms. The minimum absolute atomic E-state index is 0.00833. The third-order valence-electron chi connectivity index (χ3n) is 2.40. The van der Waals surface area contributed by atoms with Gasteiger partial charge in [-0.3, -0.25) is 4.79 Å². The van der Waals surface area contributed by atoms with Crippen LogP contribution in [0.1, 0.15) is 23.8 Å². The first kappa shape index (κ1) is 14.3. The number of nitrogens with zero attached hydrogens (tertiary/aromatic N) is 2. The van der Waals surface area contributed by atoms with Gasteiger partial charge < -0.3 is 14.8 Å². The number of hydrogen-bond donors (Lipinski definition) is 1. The van der Waals surface area contributed by atoms with Crippen LogP contribution in [0.25, 0.3) is 0 Å². The highest BCUT2D eigenvalue weighted by molar-refractivity contribution is 9.10. The minimum atomic E-state index is -0.00833. The second kappa shape index (κ2) is 6.81. The van der Waals surface area contributed by atoms with Crippen LogP contribution in [0, 0.1) is 0 Å². The molecule has 0 aliphatic rings. The molecule has 17 heavy (non-hydrogen) atoms. The van der Waals surface area contributed by atoms with Crippen LogP contribution in [-0.2, 0) is 6.54 Å². The lowest BCUT2D eigenvalue weighted by molar-refractivity contribution is 0.0941. The first-order valence-corrected chi connectivity index (χ1v) is 6.62. The molecule has 0 bridgehead atoms. The lowest BCUT2D eigenvalue weighted by atomic mass is 10.3. The summed E-state index contributed by atoms with van der Waals surface area (Å²) in [6.45, 7) is 4.48. The number of likely N-dealkylation sites (N-methyl/N-ethyl adjacent to an activating group) is 1. The predicted octanol–water partition coefficient (Wildman–Crippen LogP) is 1.95. The second-order valence-electron chi connectivity index (χ2n) is 4.30. The van der Waals surface area contributed by atoms with E-state index in [-0.39, 0.29) is 5.91 Å². The fraction of sp³-hybridized carbons (Fsp3) is 0.583. The summed E-state index contributed by atoms with van der Waals surface area (Å²) in [5, 5.41) is 2.92. The average Bonchev–Trinajstić information content (AvgIpc) is 2.59. The largest absolute Gasteiger partial charge is 0.349 e. The highest BCUT2D eigenvalue weighted by Crippen LogP contribution is 2.15. The summed E-state index contributed by atoms with van der Waals surface area (Å²) >= 11 is 3.40. The van der Waals surface area contributed by atoms with Crippen molar-refractivity contribution in [1.29, 1.82) is 0 Å². The molecule has 0 aromatic carbocycles. The number of amides is 1. The van der Waals surface area contributed by atoms with E-state index in [1.165, 1.54) is 0 Å². The lowest BCUT2D eigenvalue weighted by Crippen LogP contribution is -2.32. The number of hydrogen-bond acceptors (Lipinski definition) is 2. The summed E-state index contributed by atoms with van der Waals surface area (Å²) in [5.74, 6) is -0.00833. The molecule has 96 valence electrons. The van der Waals surface area contributed by atoms with E-state index in [9.17, 15) is 4.79 Å². The Labute approximate surface area is 111 Å². The topological polar surface area (TPSA) is 37.3 Å². The van der Waals surface area contributed by atoms with Crippen LogP contribution in [0.4, 0.5) is 0 Å². The Bertz CT molecular complexity index is 374. The van der Waals surface area contributed by atoms with Crippen LogP contribution in [0.15, 0.2) is 16.7 Å².